The van der Waals surface area contributed by atoms with Crippen molar-refractivity contribution in [3.63, 3.8) is 0 Å². The second-order valence-electron chi connectivity index (χ2n) is 12.5. The molecule has 226 valence electrons. The van der Waals surface area contributed by atoms with E-state index in [-0.39, 0.29) is 17.4 Å². The van der Waals surface area contributed by atoms with E-state index in [1.54, 1.807) is 24.0 Å². The van der Waals surface area contributed by atoms with Crippen molar-refractivity contribution in [2.75, 3.05) is 35.2 Å². The van der Waals surface area contributed by atoms with Gasteiger partial charge in [0.05, 0.1) is 17.5 Å². The predicted octanol–water partition coefficient (Wildman–Crippen LogP) is 7.71. The fraction of sp³-hybridized carbons (Fsp3) is 0.444. The molecule has 3 aromatic carbocycles. The Kier molecular flexibility index (Phi) is 8.96. The molecule has 2 heterocycles. The minimum atomic E-state index is -0.527. The van der Waals surface area contributed by atoms with Crippen molar-refractivity contribution in [2.45, 2.75) is 76.8 Å². The zero-order valence-electron chi connectivity index (χ0n) is 25.2. The molecule has 0 bridgehead atoms. The molecule has 0 spiro atoms. The van der Waals surface area contributed by atoms with Crippen molar-refractivity contribution in [1.29, 1.82) is 0 Å². The van der Waals surface area contributed by atoms with Gasteiger partial charge < -0.3 is 20.4 Å². The number of hydrogen-bond acceptors (Lipinski definition) is 4. The van der Waals surface area contributed by atoms with E-state index in [0.29, 0.717) is 31.0 Å². The fourth-order valence-corrected chi connectivity index (χ4v) is 7.21. The van der Waals surface area contributed by atoms with Crippen LogP contribution >= 0.6 is 0 Å². The lowest BCUT2D eigenvalue weighted by molar-refractivity contribution is -0.123. The number of anilines is 3. The summed E-state index contributed by atoms with van der Waals surface area (Å²) in [5.41, 5.74) is 4.50. The van der Waals surface area contributed by atoms with Crippen molar-refractivity contribution < 1.29 is 14.0 Å². The Labute approximate surface area is 254 Å². The second-order valence-corrected chi connectivity index (χ2v) is 12.5. The minimum Gasteiger partial charge on any atom is -0.382 e. The van der Waals surface area contributed by atoms with Crippen LogP contribution in [0.5, 0.6) is 0 Å². The normalized spacial score (nSPS) is 21.1. The van der Waals surface area contributed by atoms with Gasteiger partial charge in [0, 0.05) is 42.7 Å². The molecule has 3 aliphatic rings. The number of piperidine rings is 1. The SMILES string of the molecule is Cc1cccc(F)c1C(=O)N1CCCC(C(=O)Nc2cccc(N3CCCC3)c2)C1c1ccc(NC2CCCCC2)cc1. The first-order valence-electron chi connectivity index (χ1n) is 16.1. The van der Waals surface area contributed by atoms with Crippen LogP contribution in [0, 0.1) is 18.7 Å². The topological polar surface area (TPSA) is 64.7 Å². The molecule has 2 saturated heterocycles. The second kappa shape index (κ2) is 13.2. The molecular formula is C36H43FN4O2. The smallest absolute Gasteiger partial charge is 0.257 e. The Morgan fingerprint density at radius 3 is 2.28 bits per heavy atom. The van der Waals surface area contributed by atoms with Crippen LogP contribution in [0.4, 0.5) is 21.5 Å². The zero-order valence-corrected chi connectivity index (χ0v) is 25.2. The number of likely N-dealkylation sites (tertiary alicyclic amines) is 1. The van der Waals surface area contributed by atoms with Crippen LogP contribution in [-0.2, 0) is 4.79 Å². The lowest BCUT2D eigenvalue weighted by Gasteiger charge is -2.41. The standard InChI is InChI=1S/C36H43FN4O2/c1-25-10-7-16-32(37)33(25)36(43)41-23-9-15-31(35(42)39-29-13-8-14-30(24-29)40-21-5-6-22-40)34(41)26-17-19-28(20-18-26)38-27-11-3-2-4-12-27/h7-8,10,13-14,16-20,24,27,31,34,38H,2-6,9,11-12,15,21-23H2,1H3,(H,39,42). The molecule has 6 nitrogen and oxygen atoms in total. The van der Waals surface area contributed by atoms with Crippen LogP contribution in [0.1, 0.15) is 85.3 Å². The molecule has 3 fully saturated rings. The molecule has 1 aliphatic carbocycles. The summed E-state index contributed by atoms with van der Waals surface area (Å²) < 4.78 is 15.0. The van der Waals surface area contributed by atoms with Gasteiger partial charge in [0.15, 0.2) is 0 Å². The molecule has 0 aromatic heterocycles. The van der Waals surface area contributed by atoms with E-state index in [1.165, 1.54) is 51.0 Å². The van der Waals surface area contributed by atoms with Gasteiger partial charge in [0.25, 0.3) is 5.91 Å². The molecule has 2 aliphatic heterocycles. The van der Waals surface area contributed by atoms with E-state index < -0.39 is 17.8 Å². The van der Waals surface area contributed by atoms with Crippen LogP contribution in [0.2, 0.25) is 0 Å². The number of carbonyl (C=O) groups excluding carboxylic acids is 2. The van der Waals surface area contributed by atoms with Crippen LogP contribution < -0.4 is 15.5 Å². The third-order valence-electron chi connectivity index (χ3n) is 9.48. The number of amides is 2. The zero-order chi connectivity index (χ0) is 29.8. The van der Waals surface area contributed by atoms with Gasteiger partial charge in [-0.05, 0) is 93.0 Å². The quantitative estimate of drug-likeness (QED) is 0.300. The predicted molar refractivity (Wildman–Crippen MR) is 171 cm³/mol. The maximum atomic E-state index is 15.0. The lowest BCUT2D eigenvalue weighted by Crippen LogP contribution is -2.46. The van der Waals surface area contributed by atoms with E-state index in [2.05, 4.69) is 33.7 Å². The van der Waals surface area contributed by atoms with Gasteiger partial charge in [-0.25, -0.2) is 4.39 Å². The van der Waals surface area contributed by atoms with E-state index in [4.69, 9.17) is 0 Å². The average molecular weight is 583 g/mol. The molecule has 1 saturated carbocycles. The highest BCUT2D eigenvalue weighted by atomic mass is 19.1. The molecular weight excluding hydrogens is 539 g/mol. The number of hydrogen-bond donors (Lipinski definition) is 2. The van der Waals surface area contributed by atoms with Gasteiger partial charge in [0.2, 0.25) is 5.91 Å². The molecule has 2 atom stereocenters. The van der Waals surface area contributed by atoms with Crippen molar-refractivity contribution in [2.24, 2.45) is 5.92 Å². The number of aryl methyl sites for hydroxylation is 1. The number of nitrogens with zero attached hydrogens (tertiary/aromatic N) is 2. The molecule has 0 radical (unpaired) electrons. The van der Waals surface area contributed by atoms with Crippen LogP contribution in [0.25, 0.3) is 0 Å². The molecule has 7 heteroatoms. The Morgan fingerprint density at radius 1 is 0.791 bits per heavy atom. The fourth-order valence-electron chi connectivity index (χ4n) is 7.21. The summed E-state index contributed by atoms with van der Waals surface area (Å²) >= 11 is 0. The number of nitrogens with one attached hydrogen (secondary N) is 2. The van der Waals surface area contributed by atoms with Gasteiger partial charge in [-0.2, -0.15) is 0 Å². The van der Waals surface area contributed by atoms with Crippen molar-refractivity contribution in [3.8, 4) is 0 Å². The Bertz CT molecular complexity index is 1410. The third kappa shape index (κ3) is 6.56. The summed E-state index contributed by atoms with van der Waals surface area (Å²) in [6.45, 7) is 4.28. The summed E-state index contributed by atoms with van der Waals surface area (Å²) in [5, 5.41) is 6.84. The lowest BCUT2D eigenvalue weighted by atomic mass is 9.83. The van der Waals surface area contributed by atoms with E-state index in [9.17, 15) is 9.59 Å². The average Bonchev–Trinajstić information content (AvgIpc) is 3.57. The summed E-state index contributed by atoms with van der Waals surface area (Å²) in [6, 6.07) is 20.9. The maximum Gasteiger partial charge on any atom is 0.257 e. The number of benzene rings is 3. The van der Waals surface area contributed by atoms with E-state index in [1.807, 2.05) is 30.3 Å². The first kappa shape index (κ1) is 29.2. The van der Waals surface area contributed by atoms with Gasteiger partial charge in [-0.1, -0.05) is 49.6 Å². The molecule has 2 N–H and O–H groups in total. The number of halogens is 1. The van der Waals surface area contributed by atoms with Gasteiger partial charge in [0.1, 0.15) is 5.82 Å². The monoisotopic (exact) mass is 582 g/mol. The van der Waals surface area contributed by atoms with Gasteiger partial charge >= 0.3 is 0 Å². The number of carbonyl (C=O) groups is 2. The highest BCUT2D eigenvalue weighted by Crippen LogP contribution is 2.39. The summed E-state index contributed by atoms with van der Waals surface area (Å²) in [4.78, 5) is 32.1. The third-order valence-corrected chi connectivity index (χ3v) is 9.48. The van der Waals surface area contributed by atoms with Crippen molar-refractivity contribution in [3.05, 3.63) is 89.2 Å². The summed E-state index contributed by atoms with van der Waals surface area (Å²) in [5.74, 6) is -1.48. The largest absolute Gasteiger partial charge is 0.382 e. The number of rotatable bonds is 7. The Balaban J connectivity index is 1.29. The first-order chi connectivity index (χ1) is 21.0. The first-order valence-corrected chi connectivity index (χ1v) is 16.1. The maximum absolute atomic E-state index is 15.0. The summed E-state index contributed by atoms with van der Waals surface area (Å²) in [6.07, 6.45) is 9.83. The molecule has 43 heavy (non-hydrogen) atoms. The van der Waals surface area contributed by atoms with Crippen LogP contribution in [0.3, 0.4) is 0 Å². The van der Waals surface area contributed by atoms with Gasteiger partial charge in [-0.3, -0.25) is 9.59 Å². The molecule has 6 rings (SSSR count). The Morgan fingerprint density at radius 2 is 1.53 bits per heavy atom. The highest BCUT2D eigenvalue weighted by molar-refractivity contribution is 5.98. The Hall–Kier alpha value is -3.87. The molecule has 2 unspecified atom stereocenters. The minimum absolute atomic E-state index is 0.0856. The molecule has 2 amide bonds. The van der Waals surface area contributed by atoms with E-state index in [0.717, 1.165) is 35.7 Å². The van der Waals surface area contributed by atoms with Crippen molar-refractivity contribution >= 4 is 28.9 Å². The van der Waals surface area contributed by atoms with Crippen LogP contribution in [-0.4, -0.2) is 42.4 Å². The van der Waals surface area contributed by atoms with Crippen LogP contribution in [0.15, 0.2) is 66.7 Å². The summed E-state index contributed by atoms with van der Waals surface area (Å²) in [7, 11) is 0. The van der Waals surface area contributed by atoms with Crippen molar-refractivity contribution in [1.82, 2.24) is 4.90 Å². The van der Waals surface area contributed by atoms with E-state index >= 15 is 4.39 Å². The van der Waals surface area contributed by atoms with Gasteiger partial charge in [-0.15, -0.1) is 0 Å². The highest BCUT2D eigenvalue weighted by Gasteiger charge is 2.40. The molecule has 3 aromatic rings.